The van der Waals surface area contributed by atoms with Gasteiger partial charge in [0.15, 0.2) is 11.4 Å². The number of carbonyl (C=O) groups is 1. The predicted molar refractivity (Wildman–Crippen MR) is 104 cm³/mol. The Hall–Kier alpha value is -3.06. The predicted octanol–water partition coefficient (Wildman–Crippen LogP) is 1.18. The lowest BCUT2D eigenvalue weighted by Crippen LogP contribution is -2.48. The Morgan fingerprint density at radius 1 is 0.926 bits per heavy atom. The van der Waals surface area contributed by atoms with Crippen LogP contribution >= 0.6 is 0 Å². The number of hydrogen-bond donors (Lipinski definition) is 0. The third kappa shape index (κ3) is 3.88. The van der Waals surface area contributed by atoms with Crippen LogP contribution in [0.3, 0.4) is 0 Å². The molecule has 0 spiro atoms. The minimum Gasteiger partial charge on any atom is -0.369 e. The van der Waals surface area contributed by atoms with E-state index in [1.807, 2.05) is 18.2 Å². The molecule has 4 rings (SSSR count). The van der Waals surface area contributed by atoms with Crippen LogP contribution < -0.4 is 10.5 Å². The quantitative estimate of drug-likeness (QED) is 0.678. The molecular formula is C20H21N5O2. The summed E-state index contributed by atoms with van der Waals surface area (Å²) in [6.07, 6.45) is 3.00. The van der Waals surface area contributed by atoms with Crippen molar-refractivity contribution in [3.8, 4) is 0 Å². The summed E-state index contributed by atoms with van der Waals surface area (Å²) in [5, 5.41) is 0.435. The van der Waals surface area contributed by atoms with Crippen molar-refractivity contribution in [2.45, 2.75) is 6.54 Å². The fourth-order valence-electron chi connectivity index (χ4n) is 3.40. The summed E-state index contributed by atoms with van der Waals surface area (Å²) in [6, 6.07) is 13.7. The number of fused-ring (bicyclic) bond motifs is 1. The van der Waals surface area contributed by atoms with Gasteiger partial charge in [0.25, 0.3) is 5.56 Å². The average Bonchev–Trinajstić information content (AvgIpc) is 2.71. The Morgan fingerprint density at radius 2 is 1.70 bits per heavy atom. The van der Waals surface area contributed by atoms with Crippen molar-refractivity contribution in [3.63, 3.8) is 0 Å². The summed E-state index contributed by atoms with van der Waals surface area (Å²) in [5.41, 5.74) is 1.39. The van der Waals surface area contributed by atoms with Gasteiger partial charge in [-0.05, 0) is 24.3 Å². The first kappa shape index (κ1) is 17.4. The van der Waals surface area contributed by atoms with Crippen LogP contribution in [-0.4, -0.2) is 57.9 Å². The molecule has 2 aromatic heterocycles. The number of pyridine rings is 1. The molecule has 3 heterocycles. The van der Waals surface area contributed by atoms with Gasteiger partial charge in [0.05, 0.1) is 18.5 Å². The van der Waals surface area contributed by atoms with Gasteiger partial charge in [-0.15, -0.1) is 0 Å². The van der Waals surface area contributed by atoms with E-state index in [9.17, 15) is 9.59 Å². The van der Waals surface area contributed by atoms with Crippen LogP contribution in [-0.2, 0) is 11.3 Å². The first-order valence-corrected chi connectivity index (χ1v) is 9.05. The summed E-state index contributed by atoms with van der Waals surface area (Å²) in [6.45, 7) is 3.82. The van der Waals surface area contributed by atoms with Crippen molar-refractivity contribution < 1.29 is 4.79 Å². The molecule has 1 aromatic carbocycles. The number of benzene rings is 1. The van der Waals surface area contributed by atoms with Gasteiger partial charge in [-0.2, -0.15) is 0 Å². The van der Waals surface area contributed by atoms with Gasteiger partial charge in [-0.1, -0.05) is 18.2 Å². The Balaban J connectivity index is 1.35. The van der Waals surface area contributed by atoms with Crippen LogP contribution in [0.1, 0.15) is 0 Å². The summed E-state index contributed by atoms with van der Waals surface area (Å²) in [5.74, 6) is 0.00954. The second-order valence-electron chi connectivity index (χ2n) is 6.69. The van der Waals surface area contributed by atoms with E-state index in [0.717, 1.165) is 26.2 Å². The van der Waals surface area contributed by atoms with Crippen molar-refractivity contribution in [2.24, 2.45) is 0 Å². The van der Waals surface area contributed by atoms with Crippen molar-refractivity contribution in [3.05, 3.63) is 65.3 Å². The summed E-state index contributed by atoms with van der Waals surface area (Å²) >= 11 is 0. The topological polar surface area (TPSA) is 71.3 Å². The monoisotopic (exact) mass is 363 g/mol. The minimum atomic E-state index is -0.227. The highest BCUT2D eigenvalue weighted by Gasteiger charge is 2.19. The third-order valence-electron chi connectivity index (χ3n) is 4.84. The highest BCUT2D eigenvalue weighted by Crippen LogP contribution is 2.15. The molecule has 7 heteroatoms. The Morgan fingerprint density at radius 3 is 2.48 bits per heavy atom. The molecule has 7 nitrogen and oxygen atoms in total. The number of piperazine rings is 1. The maximum atomic E-state index is 12.5. The molecule has 1 fully saturated rings. The summed E-state index contributed by atoms with van der Waals surface area (Å²) < 4.78 is 1.37. The van der Waals surface area contributed by atoms with E-state index >= 15 is 0 Å². The van der Waals surface area contributed by atoms with Gasteiger partial charge in [-0.3, -0.25) is 19.1 Å². The van der Waals surface area contributed by atoms with E-state index in [4.69, 9.17) is 0 Å². The first-order chi connectivity index (χ1) is 13.2. The van der Waals surface area contributed by atoms with Crippen LogP contribution in [0.5, 0.6) is 0 Å². The maximum Gasteiger partial charge on any atom is 0.263 e. The van der Waals surface area contributed by atoms with Crippen molar-refractivity contribution in [1.29, 1.82) is 0 Å². The lowest BCUT2D eigenvalue weighted by Gasteiger charge is -2.35. The van der Waals surface area contributed by atoms with E-state index in [1.165, 1.54) is 16.6 Å². The zero-order chi connectivity index (χ0) is 18.6. The number of aromatic nitrogens is 3. The van der Waals surface area contributed by atoms with E-state index < -0.39 is 0 Å². The van der Waals surface area contributed by atoms with Gasteiger partial charge in [0, 0.05) is 38.1 Å². The summed E-state index contributed by atoms with van der Waals surface area (Å²) in [7, 11) is 0. The fraction of sp³-hybridized carbons (Fsp3) is 0.300. The Kier molecular flexibility index (Phi) is 4.93. The third-order valence-corrected chi connectivity index (χ3v) is 4.84. The second-order valence-corrected chi connectivity index (χ2v) is 6.69. The molecule has 0 radical (unpaired) electrons. The molecule has 27 heavy (non-hydrogen) atoms. The smallest absolute Gasteiger partial charge is 0.263 e. The highest BCUT2D eigenvalue weighted by molar-refractivity contribution is 5.81. The number of Topliss-reactive ketones (excluding diaryl/α,β-unsaturated/α-hetero) is 1. The van der Waals surface area contributed by atoms with Crippen LogP contribution in [0.25, 0.3) is 11.0 Å². The minimum absolute atomic E-state index is 0.00954. The number of ketones is 1. The molecule has 1 saturated heterocycles. The lowest BCUT2D eigenvalue weighted by molar-refractivity contribution is -0.120. The van der Waals surface area contributed by atoms with Crippen LogP contribution in [0.15, 0.2) is 59.8 Å². The summed E-state index contributed by atoms with van der Waals surface area (Å²) in [4.78, 5) is 37.6. The van der Waals surface area contributed by atoms with Crippen LogP contribution in [0, 0.1) is 0 Å². The number of rotatable bonds is 5. The molecule has 3 aromatic rings. The molecule has 0 atom stereocenters. The molecular weight excluding hydrogens is 342 g/mol. The Bertz CT molecular complexity index is 994. The standard InChI is InChI=1S/C20H21N5O2/c26-17(14-25-15-22-19-18(20(25)27)7-4-8-21-19)13-23-9-11-24(12-10-23)16-5-2-1-3-6-16/h1-8,15H,9-14H2. The molecule has 0 amide bonds. The maximum absolute atomic E-state index is 12.5. The molecule has 1 aliphatic rings. The zero-order valence-electron chi connectivity index (χ0n) is 15.0. The van der Waals surface area contributed by atoms with Gasteiger partial charge in [-0.25, -0.2) is 9.97 Å². The average molecular weight is 363 g/mol. The van der Waals surface area contributed by atoms with Crippen molar-refractivity contribution in [2.75, 3.05) is 37.6 Å². The lowest BCUT2D eigenvalue weighted by atomic mass is 10.2. The van der Waals surface area contributed by atoms with Crippen molar-refractivity contribution >= 4 is 22.5 Å². The molecule has 138 valence electrons. The normalized spacial score (nSPS) is 15.2. The fourth-order valence-corrected chi connectivity index (χ4v) is 3.40. The highest BCUT2D eigenvalue weighted by atomic mass is 16.1. The molecule has 0 N–H and O–H groups in total. The second kappa shape index (κ2) is 7.67. The van der Waals surface area contributed by atoms with Gasteiger partial charge < -0.3 is 4.90 Å². The molecule has 0 bridgehead atoms. The largest absolute Gasteiger partial charge is 0.369 e. The van der Waals surface area contributed by atoms with Crippen molar-refractivity contribution in [1.82, 2.24) is 19.4 Å². The number of hydrogen-bond acceptors (Lipinski definition) is 6. The van der Waals surface area contributed by atoms with Gasteiger partial charge in [0.1, 0.15) is 6.33 Å². The molecule has 1 aliphatic heterocycles. The van der Waals surface area contributed by atoms with E-state index in [1.54, 1.807) is 18.3 Å². The molecule has 0 unspecified atom stereocenters. The number of anilines is 1. The van der Waals surface area contributed by atoms with Gasteiger partial charge in [0.2, 0.25) is 0 Å². The van der Waals surface area contributed by atoms with E-state index in [2.05, 4.69) is 31.9 Å². The molecule has 0 aliphatic carbocycles. The number of carbonyl (C=O) groups excluding carboxylic acids is 1. The Labute approximate surface area is 156 Å². The van der Waals surface area contributed by atoms with E-state index in [0.29, 0.717) is 17.6 Å². The van der Waals surface area contributed by atoms with E-state index in [-0.39, 0.29) is 17.9 Å². The van der Waals surface area contributed by atoms with Crippen LogP contribution in [0.2, 0.25) is 0 Å². The first-order valence-electron chi connectivity index (χ1n) is 9.05. The zero-order valence-corrected chi connectivity index (χ0v) is 15.0. The van der Waals surface area contributed by atoms with Gasteiger partial charge >= 0.3 is 0 Å². The number of para-hydroxylation sites is 1. The van der Waals surface area contributed by atoms with Crippen LogP contribution in [0.4, 0.5) is 5.69 Å². The number of nitrogens with zero attached hydrogens (tertiary/aromatic N) is 5. The molecule has 0 saturated carbocycles. The SMILES string of the molecule is O=C(CN1CCN(c2ccccc2)CC1)Cn1cnc2ncccc2c1=O.